The second-order valence-corrected chi connectivity index (χ2v) is 5.87. The van der Waals surface area contributed by atoms with Crippen molar-refractivity contribution in [3.8, 4) is 11.3 Å². The molecule has 0 unspecified atom stereocenters. The van der Waals surface area contributed by atoms with Crippen LogP contribution in [0.2, 0.25) is 0 Å². The van der Waals surface area contributed by atoms with Gasteiger partial charge in [0, 0.05) is 17.2 Å². The largest absolute Gasteiger partial charge is 0.356 e. The number of carbonyl (C=O) groups is 2. The van der Waals surface area contributed by atoms with Crippen molar-refractivity contribution in [1.29, 1.82) is 0 Å². The minimum Gasteiger partial charge on any atom is -0.356 e. The van der Waals surface area contributed by atoms with Crippen LogP contribution in [0.25, 0.3) is 11.3 Å². The van der Waals surface area contributed by atoms with Gasteiger partial charge in [-0.2, -0.15) is 0 Å². The number of hydrogen-bond donors (Lipinski definition) is 2. The monoisotopic (exact) mass is 349 g/mol. The van der Waals surface area contributed by atoms with Gasteiger partial charge in [-0.25, -0.2) is 0 Å². The van der Waals surface area contributed by atoms with Crippen LogP contribution < -0.4 is 10.6 Å². The molecule has 0 saturated heterocycles. The fraction of sp³-hybridized carbons (Fsp3) is 0.150. The van der Waals surface area contributed by atoms with Gasteiger partial charge in [0.15, 0.2) is 5.76 Å². The van der Waals surface area contributed by atoms with Crippen molar-refractivity contribution >= 4 is 11.8 Å². The van der Waals surface area contributed by atoms with Crippen LogP contribution >= 0.6 is 0 Å². The Kier molecular flexibility index (Phi) is 5.43. The summed E-state index contributed by atoms with van der Waals surface area (Å²) in [4.78, 5) is 23.8. The van der Waals surface area contributed by atoms with Gasteiger partial charge in [-0.05, 0) is 19.1 Å². The Hall–Kier alpha value is -3.41. The molecule has 0 aliphatic rings. The number of carbonyl (C=O) groups excluding carboxylic acids is 2. The maximum absolute atomic E-state index is 11.9. The first-order valence-electron chi connectivity index (χ1n) is 8.24. The van der Waals surface area contributed by atoms with Crippen molar-refractivity contribution < 1.29 is 14.1 Å². The summed E-state index contributed by atoms with van der Waals surface area (Å²) >= 11 is 0. The average Bonchev–Trinajstić information content (AvgIpc) is 3.14. The lowest BCUT2D eigenvalue weighted by atomic mass is 10.1. The van der Waals surface area contributed by atoms with E-state index in [0.717, 1.165) is 5.56 Å². The molecule has 0 bridgehead atoms. The van der Waals surface area contributed by atoms with Crippen LogP contribution in [0.5, 0.6) is 0 Å². The molecule has 0 fully saturated rings. The maximum Gasteiger partial charge on any atom is 0.251 e. The molecule has 1 heterocycles. The number of nitrogens with zero attached hydrogens (tertiary/aromatic N) is 1. The molecule has 0 atom stereocenters. The summed E-state index contributed by atoms with van der Waals surface area (Å²) in [6.45, 7) is 2.15. The Morgan fingerprint density at radius 3 is 2.46 bits per heavy atom. The van der Waals surface area contributed by atoms with E-state index in [1.54, 1.807) is 30.3 Å². The second kappa shape index (κ2) is 8.11. The molecule has 0 aliphatic heterocycles. The van der Waals surface area contributed by atoms with Gasteiger partial charge in [0.2, 0.25) is 5.91 Å². The molecule has 1 aromatic heterocycles. The van der Waals surface area contributed by atoms with Gasteiger partial charge in [0.1, 0.15) is 5.69 Å². The maximum atomic E-state index is 11.9. The van der Waals surface area contributed by atoms with Crippen LogP contribution in [-0.2, 0) is 11.3 Å². The highest BCUT2D eigenvalue weighted by atomic mass is 16.5. The topological polar surface area (TPSA) is 84.2 Å². The van der Waals surface area contributed by atoms with Gasteiger partial charge >= 0.3 is 0 Å². The number of aryl methyl sites for hydroxylation is 1. The van der Waals surface area contributed by atoms with Gasteiger partial charge in [-0.3, -0.25) is 9.59 Å². The molecule has 3 aromatic rings. The first kappa shape index (κ1) is 17.4. The molecule has 2 N–H and O–H groups in total. The minimum absolute atomic E-state index is 0.101. The van der Waals surface area contributed by atoms with E-state index >= 15 is 0 Å². The number of hydrogen-bond acceptors (Lipinski definition) is 4. The number of rotatable bonds is 6. The third-order valence-electron chi connectivity index (χ3n) is 3.81. The van der Waals surface area contributed by atoms with E-state index in [2.05, 4.69) is 15.8 Å². The van der Waals surface area contributed by atoms with Crippen LogP contribution in [0, 0.1) is 6.92 Å². The summed E-state index contributed by atoms with van der Waals surface area (Å²) in [6, 6.07) is 18.4. The third kappa shape index (κ3) is 4.57. The van der Waals surface area contributed by atoms with Crippen LogP contribution in [0.1, 0.15) is 21.6 Å². The number of benzene rings is 2. The van der Waals surface area contributed by atoms with E-state index in [9.17, 15) is 9.59 Å². The highest BCUT2D eigenvalue weighted by molar-refractivity contribution is 5.96. The lowest BCUT2D eigenvalue weighted by Gasteiger charge is -2.05. The smallest absolute Gasteiger partial charge is 0.251 e. The Morgan fingerprint density at radius 2 is 1.73 bits per heavy atom. The summed E-state index contributed by atoms with van der Waals surface area (Å²) in [5.74, 6) is 0.0599. The van der Waals surface area contributed by atoms with Crippen molar-refractivity contribution in [2.24, 2.45) is 0 Å². The lowest BCUT2D eigenvalue weighted by molar-refractivity contribution is -0.120. The van der Waals surface area contributed by atoms with E-state index < -0.39 is 0 Å². The van der Waals surface area contributed by atoms with E-state index in [1.807, 2.05) is 37.3 Å². The quantitative estimate of drug-likeness (QED) is 0.717. The van der Waals surface area contributed by atoms with Crippen molar-refractivity contribution in [2.45, 2.75) is 13.5 Å². The molecule has 0 spiro atoms. The molecule has 2 amide bonds. The molecule has 26 heavy (non-hydrogen) atoms. The van der Waals surface area contributed by atoms with Gasteiger partial charge < -0.3 is 15.2 Å². The van der Waals surface area contributed by atoms with Crippen molar-refractivity contribution in [3.05, 3.63) is 77.5 Å². The molecule has 6 nitrogen and oxygen atoms in total. The Balaban J connectivity index is 1.47. The summed E-state index contributed by atoms with van der Waals surface area (Å²) in [6.07, 6.45) is 0. The summed E-state index contributed by atoms with van der Waals surface area (Å²) in [7, 11) is 0. The fourth-order valence-corrected chi connectivity index (χ4v) is 2.35. The zero-order chi connectivity index (χ0) is 18.4. The molecule has 3 rings (SSSR count). The summed E-state index contributed by atoms with van der Waals surface area (Å²) < 4.78 is 5.31. The van der Waals surface area contributed by atoms with Gasteiger partial charge in [-0.1, -0.05) is 53.2 Å². The second-order valence-electron chi connectivity index (χ2n) is 5.87. The summed E-state index contributed by atoms with van der Waals surface area (Å²) in [5.41, 5.74) is 3.22. The van der Waals surface area contributed by atoms with Crippen LogP contribution in [0.15, 0.2) is 65.2 Å². The predicted octanol–water partition coefficient (Wildman–Crippen LogP) is 2.70. The third-order valence-corrected chi connectivity index (χ3v) is 3.81. The van der Waals surface area contributed by atoms with E-state index in [0.29, 0.717) is 17.0 Å². The zero-order valence-electron chi connectivity index (χ0n) is 14.4. The Morgan fingerprint density at radius 1 is 1.00 bits per heavy atom. The SMILES string of the molecule is Cc1ccc(-c2cc(CNC(=O)CNC(=O)c3ccccc3)no2)cc1. The molecule has 2 aromatic carbocycles. The molecule has 0 saturated carbocycles. The van der Waals surface area contributed by atoms with Crippen molar-refractivity contribution in [1.82, 2.24) is 15.8 Å². The predicted molar refractivity (Wildman–Crippen MR) is 97.3 cm³/mol. The fourth-order valence-electron chi connectivity index (χ4n) is 2.35. The highest BCUT2D eigenvalue weighted by Gasteiger charge is 2.10. The first-order chi connectivity index (χ1) is 12.6. The van der Waals surface area contributed by atoms with Gasteiger partial charge in [0.25, 0.3) is 5.91 Å². The Bertz CT molecular complexity index is 886. The van der Waals surface area contributed by atoms with Crippen molar-refractivity contribution in [2.75, 3.05) is 6.54 Å². The van der Waals surface area contributed by atoms with Gasteiger partial charge in [-0.15, -0.1) is 0 Å². The van der Waals surface area contributed by atoms with E-state index in [-0.39, 0.29) is 24.9 Å². The Labute approximate surface area is 151 Å². The van der Waals surface area contributed by atoms with Crippen LogP contribution in [0.3, 0.4) is 0 Å². The number of aromatic nitrogens is 1. The van der Waals surface area contributed by atoms with Gasteiger partial charge in [0.05, 0.1) is 13.1 Å². The molecule has 0 radical (unpaired) electrons. The molecular formula is C20H19N3O3. The number of nitrogens with one attached hydrogen (secondary N) is 2. The van der Waals surface area contributed by atoms with Crippen molar-refractivity contribution in [3.63, 3.8) is 0 Å². The highest BCUT2D eigenvalue weighted by Crippen LogP contribution is 2.20. The average molecular weight is 349 g/mol. The molecule has 132 valence electrons. The standard InChI is InChI=1S/C20H19N3O3/c1-14-7-9-15(10-8-14)18-11-17(23-26-18)12-21-19(24)13-22-20(25)16-5-3-2-4-6-16/h2-11H,12-13H2,1H3,(H,21,24)(H,22,25). The normalized spacial score (nSPS) is 10.3. The van der Waals surface area contributed by atoms with Crippen LogP contribution in [-0.4, -0.2) is 23.5 Å². The number of amides is 2. The molecular weight excluding hydrogens is 330 g/mol. The zero-order valence-corrected chi connectivity index (χ0v) is 14.4. The van der Waals surface area contributed by atoms with E-state index in [4.69, 9.17) is 4.52 Å². The molecule has 6 heteroatoms. The van der Waals surface area contributed by atoms with E-state index in [1.165, 1.54) is 5.56 Å². The summed E-state index contributed by atoms with van der Waals surface area (Å²) in [5, 5.41) is 9.23. The van der Waals surface area contributed by atoms with Crippen LogP contribution in [0.4, 0.5) is 0 Å². The molecule has 0 aliphatic carbocycles. The first-order valence-corrected chi connectivity index (χ1v) is 8.24. The minimum atomic E-state index is -0.297. The lowest BCUT2D eigenvalue weighted by Crippen LogP contribution is -2.36.